The Morgan fingerprint density at radius 2 is 1.93 bits per heavy atom. The molecule has 0 aliphatic carbocycles. The minimum atomic E-state index is -0.0466. The summed E-state index contributed by atoms with van der Waals surface area (Å²) in [6.07, 6.45) is 1.53. The fourth-order valence-corrected chi connectivity index (χ4v) is 4.95. The monoisotopic (exact) mass is 422 g/mol. The van der Waals surface area contributed by atoms with Gasteiger partial charge in [-0.1, -0.05) is 0 Å². The van der Waals surface area contributed by atoms with Crippen molar-refractivity contribution in [1.29, 1.82) is 0 Å². The summed E-state index contributed by atoms with van der Waals surface area (Å²) in [5, 5.41) is 1.62. The normalized spacial score (nSPS) is 15.3. The largest absolute Gasteiger partial charge is 0.384 e. The highest BCUT2D eigenvalue weighted by molar-refractivity contribution is 7.18. The van der Waals surface area contributed by atoms with E-state index in [9.17, 15) is 4.79 Å². The maximum Gasteiger partial charge on any atom is 0.259 e. The van der Waals surface area contributed by atoms with Crippen LogP contribution in [0, 0.1) is 13.8 Å². The molecule has 0 aromatic carbocycles. The number of nitrogens with one attached hydrogen (secondary N) is 1. The van der Waals surface area contributed by atoms with E-state index in [1.54, 1.807) is 17.4 Å². The molecule has 3 N–H and O–H groups in total. The number of pyridine rings is 1. The van der Waals surface area contributed by atoms with Gasteiger partial charge in [0.2, 0.25) is 0 Å². The van der Waals surface area contributed by atoms with Crippen LogP contribution in [-0.4, -0.2) is 56.0 Å². The highest BCUT2D eigenvalue weighted by Crippen LogP contribution is 2.26. The molecule has 0 spiro atoms. The average molecular weight is 423 g/mol. The molecule has 154 valence electrons. The summed E-state index contributed by atoms with van der Waals surface area (Å²) in [6, 6.07) is 3.70. The highest BCUT2D eigenvalue weighted by atomic mass is 32.1. The predicted octanol–water partition coefficient (Wildman–Crippen LogP) is 1.84. The van der Waals surface area contributed by atoms with E-state index in [-0.39, 0.29) is 5.56 Å². The first-order valence-corrected chi connectivity index (χ1v) is 10.6. The van der Waals surface area contributed by atoms with Crippen LogP contribution in [0.5, 0.6) is 0 Å². The van der Waals surface area contributed by atoms with Crippen LogP contribution in [0.15, 0.2) is 23.3 Å². The Kier molecular flexibility index (Phi) is 4.59. The van der Waals surface area contributed by atoms with Gasteiger partial charge >= 0.3 is 0 Å². The van der Waals surface area contributed by atoms with Gasteiger partial charge in [-0.15, -0.1) is 11.3 Å². The van der Waals surface area contributed by atoms with E-state index in [1.807, 2.05) is 19.9 Å². The van der Waals surface area contributed by atoms with Crippen molar-refractivity contribution < 1.29 is 0 Å². The molecule has 1 saturated heterocycles. The lowest BCUT2D eigenvalue weighted by molar-refractivity contribution is 0.244. The number of aryl methyl sites for hydroxylation is 2. The Balaban J connectivity index is 1.32. The molecule has 1 aliphatic rings. The van der Waals surface area contributed by atoms with Gasteiger partial charge in [-0.2, -0.15) is 0 Å². The molecular formula is C20H22N8OS. The number of aromatic nitrogens is 5. The van der Waals surface area contributed by atoms with Crippen molar-refractivity contribution in [2.75, 3.05) is 36.8 Å². The third-order valence-corrected chi connectivity index (χ3v) is 6.73. The molecule has 5 heterocycles. The molecule has 1 aliphatic heterocycles. The van der Waals surface area contributed by atoms with E-state index in [1.165, 1.54) is 6.33 Å². The van der Waals surface area contributed by atoms with Gasteiger partial charge in [0.25, 0.3) is 5.56 Å². The minimum absolute atomic E-state index is 0.0466. The van der Waals surface area contributed by atoms with Crippen LogP contribution in [-0.2, 0) is 6.54 Å². The molecule has 0 amide bonds. The van der Waals surface area contributed by atoms with E-state index >= 15 is 0 Å². The number of nitrogens with zero attached hydrogens (tertiary/aromatic N) is 6. The molecule has 10 heteroatoms. The predicted molar refractivity (Wildman–Crippen MR) is 119 cm³/mol. The number of rotatable bonds is 3. The van der Waals surface area contributed by atoms with E-state index in [2.05, 4.69) is 29.7 Å². The number of aromatic amines is 1. The van der Waals surface area contributed by atoms with Crippen LogP contribution >= 0.6 is 11.3 Å². The molecule has 4 aromatic rings. The molecule has 4 aromatic heterocycles. The van der Waals surface area contributed by atoms with Crippen molar-refractivity contribution in [3.63, 3.8) is 0 Å². The standard InChI is InChI=1S/C20H22N8OS/c1-11-12(2)30-20-16(11)19(29)25-15(26-20)9-27-5-7-28(8-6-27)18-13-3-4-14(21)24-17(13)22-10-23-18/h3-4,10H,5-9H2,1-2H3,(H,25,26,29)(H2,21,22,23,24). The van der Waals surface area contributed by atoms with Gasteiger partial charge in [0.15, 0.2) is 5.65 Å². The number of thiophene rings is 1. The van der Waals surface area contributed by atoms with Crippen LogP contribution in [0.2, 0.25) is 0 Å². The van der Waals surface area contributed by atoms with Crippen LogP contribution < -0.4 is 16.2 Å². The van der Waals surface area contributed by atoms with Gasteiger partial charge in [0.05, 0.1) is 17.3 Å². The third kappa shape index (κ3) is 3.27. The molecule has 0 radical (unpaired) electrons. The van der Waals surface area contributed by atoms with Crippen molar-refractivity contribution >= 4 is 44.2 Å². The zero-order chi connectivity index (χ0) is 20.8. The fourth-order valence-electron chi connectivity index (χ4n) is 3.90. The smallest absolute Gasteiger partial charge is 0.259 e. The Hall–Kier alpha value is -3.11. The quantitative estimate of drug-likeness (QED) is 0.514. The molecule has 1 fully saturated rings. The molecule has 9 nitrogen and oxygen atoms in total. The summed E-state index contributed by atoms with van der Waals surface area (Å²) in [4.78, 5) is 39.7. The Morgan fingerprint density at radius 1 is 1.13 bits per heavy atom. The summed E-state index contributed by atoms with van der Waals surface area (Å²) in [5.74, 6) is 2.05. The fraction of sp³-hybridized carbons (Fsp3) is 0.350. The van der Waals surface area contributed by atoms with Crippen LogP contribution in [0.1, 0.15) is 16.3 Å². The zero-order valence-electron chi connectivity index (χ0n) is 16.8. The Labute approximate surface area is 176 Å². The Morgan fingerprint density at radius 3 is 2.73 bits per heavy atom. The van der Waals surface area contributed by atoms with Crippen molar-refractivity contribution in [2.24, 2.45) is 0 Å². The van der Waals surface area contributed by atoms with Crippen molar-refractivity contribution in [3.8, 4) is 0 Å². The zero-order valence-corrected chi connectivity index (χ0v) is 17.7. The van der Waals surface area contributed by atoms with Gasteiger partial charge in [-0.25, -0.2) is 19.9 Å². The average Bonchev–Trinajstić information content (AvgIpc) is 3.02. The molecule has 5 rings (SSSR count). The number of piperazine rings is 1. The molecule has 0 atom stereocenters. The van der Waals surface area contributed by atoms with Crippen molar-refractivity contribution in [2.45, 2.75) is 20.4 Å². The number of hydrogen-bond donors (Lipinski definition) is 2. The van der Waals surface area contributed by atoms with E-state index < -0.39 is 0 Å². The second-order valence-corrected chi connectivity index (χ2v) is 8.75. The van der Waals surface area contributed by atoms with E-state index in [0.29, 0.717) is 18.0 Å². The van der Waals surface area contributed by atoms with Crippen LogP contribution in [0.25, 0.3) is 21.3 Å². The first-order valence-electron chi connectivity index (χ1n) is 9.83. The number of H-pyrrole nitrogens is 1. The highest BCUT2D eigenvalue weighted by Gasteiger charge is 2.21. The summed E-state index contributed by atoms with van der Waals surface area (Å²) >= 11 is 1.58. The van der Waals surface area contributed by atoms with Crippen LogP contribution in [0.3, 0.4) is 0 Å². The minimum Gasteiger partial charge on any atom is -0.384 e. The molecule has 30 heavy (non-hydrogen) atoms. The number of nitrogen functional groups attached to an aromatic ring is 1. The summed E-state index contributed by atoms with van der Waals surface area (Å²) in [6.45, 7) is 7.96. The number of anilines is 2. The number of hydrogen-bond acceptors (Lipinski definition) is 9. The van der Waals surface area contributed by atoms with Crippen LogP contribution in [0.4, 0.5) is 11.6 Å². The van der Waals surface area contributed by atoms with E-state index in [4.69, 9.17) is 10.7 Å². The topological polar surface area (TPSA) is 117 Å². The maximum absolute atomic E-state index is 12.5. The number of nitrogens with two attached hydrogens (primary N) is 1. The number of fused-ring (bicyclic) bond motifs is 2. The molecular weight excluding hydrogens is 400 g/mol. The first kappa shape index (κ1) is 18.9. The van der Waals surface area contributed by atoms with Crippen molar-refractivity contribution in [1.82, 2.24) is 29.8 Å². The van der Waals surface area contributed by atoms with Crippen molar-refractivity contribution in [3.05, 3.63) is 45.1 Å². The van der Waals surface area contributed by atoms with Gasteiger partial charge in [0, 0.05) is 31.1 Å². The third-order valence-electron chi connectivity index (χ3n) is 5.63. The second kappa shape index (κ2) is 7.29. The van der Waals surface area contributed by atoms with Gasteiger partial charge in [-0.05, 0) is 31.5 Å². The summed E-state index contributed by atoms with van der Waals surface area (Å²) in [7, 11) is 0. The molecule has 0 unspecified atom stereocenters. The maximum atomic E-state index is 12.5. The lowest BCUT2D eigenvalue weighted by atomic mass is 10.2. The lowest BCUT2D eigenvalue weighted by Gasteiger charge is -2.35. The second-order valence-electron chi connectivity index (χ2n) is 7.54. The first-order chi connectivity index (χ1) is 14.5. The summed E-state index contributed by atoms with van der Waals surface area (Å²) < 4.78 is 0. The lowest BCUT2D eigenvalue weighted by Crippen LogP contribution is -2.46. The molecule has 0 bridgehead atoms. The van der Waals surface area contributed by atoms with Gasteiger partial charge in [-0.3, -0.25) is 9.69 Å². The van der Waals surface area contributed by atoms with Gasteiger partial charge < -0.3 is 15.6 Å². The molecule has 0 saturated carbocycles. The van der Waals surface area contributed by atoms with Gasteiger partial charge in [0.1, 0.15) is 28.6 Å². The summed E-state index contributed by atoms with van der Waals surface area (Å²) in [5.41, 5.74) is 7.37. The Bertz CT molecular complexity index is 1310. The van der Waals surface area contributed by atoms with E-state index in [0.717, 1.165) is 63.9 Å². The SMILES string of the molecule is Cc1sc2nc(CN3CCN(c4ncnc5nc(N)ccc45)CC3)[nH]c(=O)c2c1C.